The quantitative estimate of drug-likeness (QED) is 0.255. The van der Waals surface area contributed by atoms with Crippen molar-refractivity contribution in [2.24, 2.45) is 5.92 Å². The number of Topliss-reactive ketones (excluding diaryl/α,β-unsaturated/α-hetero) is 1. The molecule has 2 heterocycles. The number of hydrogen-bond acceptors (Lipinski definition) is 6. The minimum atomic E-state index is -0.874. The van der Waals surface area contributed by atoms with Crippen LogP contribution in [0.1, 0.15) is 43.7 Å². The molecule has 0 saturated carbocycles. The lowest BCUT2D eigenvalue weighted by molar-refractivity contribution is -0.140. The van der Waals surface area contributed by atoms with Gasteiger partial charge in [-0.3, -0.25) is 9.59 Å². The van der Waals surface area contributed by atoms with Crippen molar-refractivity contribution < 1.29 is 28.6 Å². The zero-order chi connectivity index (χ0) is 24.9. The molecule has 2 aromatic carbocycles. The van der Waals surface area contributed by atoms with Gasteiger partial charge in [0.2, 0.25) is 0 Å². The number of ketones is 1. The van der Waals surface area contributed by atoms with E-state index in [0.717, 1.165) is 5.56 Å². The monoisotopic (exact) mass is 475 g/mol. The van der Waals surface area contributed by atoms with Gasteiger partial charge in [-0.15, -0.1) is 0 Å². The average molecular weight is 476 g/mol. The molecule has 0 spiro atoms. The summed E-state index contributed by atoms with van der Waals surface area (Å²) in [5.74, 6) is 0.218. The summed E-state index contributed by atoms with van der Waals surface area (Å²) in [6.45, 7) is 7.15. The van der Waals surface area contributed by atoms with Gasteiger partial charge in [-0.1, -0.05) is 38.1 Å². The lowest BCUT2D eigenvalue weighted by Crippen LogP contribution is -2.29. The second-order valence-electron chi connectivity index (χ2n) is 8.76. The van der Waals surface area contributed by atoms with Crippen LogP contribution in [0.2, 0.25) is 0 Å². The van der Waals surface area contributed by atoms with Crippen molar-refractivity contribution in [1.29, 1.82) is 0 Å². The van der Waals surface area contributed by atoms with Gasteiger partial charge >= 0.3 is 0 Å². The van der Waals surface area contributed by atoms with Crippen molar-refractivity contribution in [3.8, 4) is 11.5 Å². The number of aliphatic hydroxyl groups excluding tert-OH is 1. The molecule has 3 aromatic rings. The molecule has 182 valence electrons. The molecule has 0 aliphatic carbocycles. The van der Waals surface area contributed by atoms with Crippen LogP contribution < -0.4 is 9.47 Å². The number of likely N-dealkylation sites (tertiary alicyclic amines) is 1. The third-order valence-electron chi connectivity index (χ3n) is 5.61. The molecule has 1 saturated heterocycles. The van der Waals surface area contributed by atoms with Gasteiger partial charge in [0.1, 0.15) is 29.1 Å². The van der Waals surface area contributed by atoms with Crippen molar-refractivity contribution in [3.63, 3.8) is 0 Å². The van der Waals surface area contributed by atoms with Crippen LogP contribution in [0.5, 0.6) is 11.5 Å². The topological polar surface area (TPSA) is 89.2 Å². The number of rotatable bonds is 9. The smallest absolute Gasteiger partial charge is 0.296 e. The van der Waals surface area contributed by atoms with E-state index in [9.17, 15) is 14.7 Å². The van der Waals surface area contributed by atoms with E-state index in [1.165, 1.54) is 11.2 Å². The van der Waals surface area contributed by atoms with Crippen molar-refractivity contribution in [1.82, 2.24) is 4.90 Å². The summed E-state index contributed by atoms with van der Waals surface area (Å²) in [4.78, 5) is 27.8. The third kappa shape index (κ3) is 5.24. The van der Waals surface area contributed by atoms with Gasteiger partial charge in [0, 0.05) is 12.1 Å². The molecule has 1 atom stereocenters. The number of ether oxygens (including phenoxy) is 2. The largest absolute Gasteiger partial charge is 0.507 e. The molecule has 0 bridgehead atoms. The molecule has 1 aliphatic rings. The molecule has 35 heavy (non-hydrogen) atoms. The first-order valence-electron chi connectivity index (χ1n) is 11.7. The minimum absolute atomic E-state index is 0.0214. The van der Waals surface area contributed by atoms with Gasteiger partial charge in [0.05, 0.1) is 25.1 Å². The van der Waals surface area contributed by atoms with Crippen molar-refractivity contribution >= 4 is 17.4 Å². The predicted octanol–water partition coefficient (Wildman–Crippen LogP) is 5.34. The van der Waals surface area contributed by atoms with Crippen LogP contribution in [0.4, 0.5) is 0 Å². The summed E-state index contributed by atoms with van der Waals surface area (Å²) in [6.07, 6.45) is 1.48. The summed E-state index contributed by atoms with van der Waals surface area (Å²) >= 11 is 0. The maximum absolute atomic E-state index is 13.2. The van der Waals surface area contributed by atoms with Crippen LogP contribution in [0.25, 0.3) is 5.76 Å². The van der Waals surface area contributed by atoms with E-state index in [4.69, 9.17) is 13.9 Å². The fourth-order valence-electron chi connectivity index (χ4n) is 4.03. The highest BCUT2D eigenvalue weighted by Crippen LogP contribution is 2.41. The second kappa shape index (κ2) is 10.5. The molecule has 1 N–H and O–H groups in total. The number of benzene rings is 2. The van der Waals surface area contributed by atoms with Crippen molar-refractivity contribution in [3.05, 3.63) is 89.4 Å². The molecule has 1 unspecified atom stereocenters. The zero-order valence-corrected chi connectivity index (χ0v) is 20.1. The maximum Gasteiger partial charge on any atom is 0.296 e. The van der Waals surface area contributed by atoms with E-state index < -0.39 is 17.7 Å². The van der Waals surface area contributed by atoms with Gasteiger partial charge < -0.3 is 23.9 Å². The minimum Gasteiger partial charge on any atom is -0.507 e. The number of aliphatic hydroxyl groups is 1. The Labute approximate surface area is 204 Å². The maximum atomic E-state index is 13.2. The van der Waals surface area contributed by atoms with Crippen molar-refractivity contribution in [2.45, 2.75) is 33.4 Å². The Morgan fingerprint density at radius 1 is 1.03 bits per heavy atom. The first kappa shape index (κ1) is 24.1. The molecular weight excluding hydrogens is 446 g/mol. The normalized spacial score (nSPS) is 17.3. The number of furan rings is 1. The number of nitrogens with zero attached hydrogens (tertiary/aromatic N) is 1. The van der Waals surface area contributed by atoms with Crippen LogP contribution in [0.3, 0.4) is 0 Å². The fraction of sp³-hybridized carbons (Fsp3) is 0.286. The molecular formula is C28H29NO6. The first-order chi connectivity index (χ1) is 16.9. The number of hydrogen-bond donors (Lipinski definition) is 1. The molecule has 1 amide bonds. The van der Waals surface area contributed by atoms with E-state index in [2.05, 4.69) is 0 Å². The SMILES string of the molecule is CCOc1cccc(CN2C(=O)C(=O)/C(=C(\O)c3cccc(OCC(C)C)c3)C2c2ccco2)c1. The fourth-order valence-corrected chi connectivity index (χ4v) is 4.03. The van der Waals surface area contributed by atoms with Gasteiger partial charge in [0.25, 0.3) is 11.7 Å². The summed E-state index contributed by atoms with van der Waals surface area (Å²) in [6, 6.07) is 16.7. The van der Waals surface area contributed by atoms with Gasteiger partial charge in [-0.25, -0.2) is 0 Å². The highest BCUT2D eigenvalue weighted by molar-refractivity contribution is 6.46. The Bertz CT molecular complexity index is 1230. The predicted molar refractivity (Wildman–Crippen MR) is 131 cm³/mol. The first-order valence-corrected chi connectivity index (χ1v) is 11.7. The Morgan fingerprint density at radius 2 is 1.77 bits per heavy atom. The lowest BCUT2D eigenvalue weighted by atomic mass is 9.99. The van der Waals surface area contributed by atoms with Gasteiger partial charge in [0.15, 0.2) is 0 Å². The summed E-state index contributed by atoms with van der Waals surface area (Å²) in [7, 11) is 0. The zero-order valence-electron chi connectivity index (χ0n) is 20.1. The van der Waals surface area contributed by atoms with Crippen LogP contribution in [0, 0.1) is 5.92 Å². The van der Waals surface area contributed by atoms with Gasteiger partial charge in [-0.05, 0) is 54.8 Å². The van der Waals surface area contributed by atoms with Crippen LogP contribution in [-0.2, 0) is 16.1 Å². The van der Waals surface area contributed by atoms with Crippen LogP contribution in [-0.4, -0.2) is 34.9 Å². The summed E-state index contributed by atoms with van der Waals surface area (Å²) < 4.78 is 17.0. The number of amides is 1. The Kier molecular flexibility index (Phi) is 7.25. The Balaban J connectivity index is 1.73. The standard InChI is InChI=1S/C28H29NO6/c1-4-33-21-10-5-8-19(14-21)16-29-25(23-12-7-13-34-23)24(27(31)28(29)32)26(30)20-9-6-11-22(15-20)35-17-18(2)3/h5-15,18,25,30H,4,16-17H2,1-3H3/b26-24-. The Hall–Kier alpha value is -4.00. The highest BCUT2D eigenvalue weighted by Gasteiger charge is 2.47. The number of carbonyl (C=O) groups is 2. The summed E-state index contributed by atoms with van der Waals surface area (Å²) in [5.41, 5.74) is 1.16. The molecule has 7 heteroatoms. The molecule has 4 rings (SSSR count). The molecule has 7 nitrogen and oxygen atoms in total. The Morgan fingerprint density at radius 3 is 2.46 bits per heavy atom. The van der Waals surface area contributed by atoms with E-state index in [0.29, 0.717) is 42.0 Å². The molecule has 1 aliphatic heterocycles. The lowest BCUT2D eigenvalue weighted by Gasteiger charge is -2.23. The molecule has 0 radical (unpaired) electrons. The van der Waals surface area contributed by atoms with E-state index in [-0.39, 0.29) is 17.9 Å². The van der Waals surface area contributed by atoms with E-state index in [1.807, 2.05) is 45.0 Å². The molecule has 1 aromatic heterocycles. The summed E-state index contributed by atoms with van der Waals surface area (Å²) in [5, 5.41) is 11.2. The third-order valence-corrected chi connectivity index (χ3v) is 5.61. The second-order valence-corrected chi connectivity index (χ2v) is 8.76. The highest BCUT2D eigenvalue weighted by atomic mass is 16.5. The number of carbonyl (C=O) groups excluding carboxylic acids is 2. The molecule has 1 fully saturated rings. The van der Waals surface area contributed by atoms with Gasteiger partial charge in [-0.2, -0.15) is 0 Å². The van der Waals surface area contributed by atoms with Crippen LogP contribution in [0.15, 0.2) is 76.9 Å². The van der Waals surface area contributed by atoms with E-state index in [1.54, 1.807) is 36.4 Å². The van der Waals surface area contributed by atoms with Crippen molar-refractivity contribution in [2.75, 3.05) is 13.2 Å². The average Bonchev–Trinajstić information content (AvgIpc) is 3.46. The van der Waals surface area contributed by atoms with Crippen LogP contribution >= 0.6 is 0 Å². The van der Waals surface area contributed by atoms with E-state index >= 15 is 0 Å².